The zero-order valence-corrected chi connectivity index (χ0v) is 15.9. The number of carbonyl (C=O) groups excluding carboxylic acids is 1. The zero-order valence-electron chi connectivity index (χ0n) is 15.9. The lowest BCUT2D eigenvalue weighted by molar-refractivity contribution is 0.0296. The number of hydrogen-bond donors (Lipinski definition) is 0. The summed E-state index contributed by atoms with van der Waals surface area (Å²) in [5, 5.41) is 0.358. The van der Waals surface area contributed by atoms with Crippen LogP contribution in [0.1, 0.15) is 16.1 Å². The number of amides is 1. The van der Waals surface area contributed by atoms with Crippen LogP contribution in [0.4, 0.5) is 0 Å². The summed E-state index contributed by atoms with van der Waals surface area (Å²) in [6.45, 7) is 2.37. The topological polar surface area (TPSA) is 78.5 Å². The molecule has 0 radical (unpaired) electrons. The molecule has 1 aliphatic heterocycles. The van der Waals surface area contributed by atoms with Gasteiger partial charge < -0.3 is 14.2 Å². The average molecular weight is 382 g/mol. The molecule has 0 bridgehead atoms. The molecule has 1 aliphatic rings. The second-order valence-corrected chi connectivity index (χ2v) is 6.95. The van der Waals surface area contributed by atoms with Crippen molar-refractivity contribution in [2.24, 2.45) is 14.1 Å². The Morgan fingerprint density at radius 3 is 2.39 bits per heavy atom. The minimum Gasteiger partial charge on any atom is -0.378 e. The fraction of sp³-hybridized carbons (Fsp3) is 0.350. The SMILES string of the molecule is Cn1c(=O)c2cc(C(=O)N3CCOCC3)n(Cc3ccccc3)c2n(C)c1=O. The number of aryl methyl sites for hydroxylation is 1. The highest BCUT2D eigenvalue weighted by Gasteiger charge is 2.26. The minimum absolute atomic E-state index is 0.162. The molecule has 4 rings (SSSR count). The lowest BCUT2D eigenvalue weighted by atomic mass is 10.2. The van der Waals surface area contributed by atoms with Gasteiger partial charge in [0.05, 0.1) is 18.6 Å². The van der Waals surface area contributed by atoms with Crippen LogP contribution in [0.5, 0.6) is 0 Å². The van der Waals surface area contributed by atoms with E-state index in [4.69, 9.17) is 4.74 Å². The van der Waals surface area contributed by atoms with Crippen LogP contribution >= 0.6 is 0 Å². The number of benzene rings is 1. The van der Waals surface area contributed by atoms with E-state index in [0.717, 1.165) is 10.1 Å². The molecule has 3 aromatic rings. The van der Waals surface area contributed by atoms with Gasteiger partial charge in [0.1, 0.15) is 11.3 Å². The van der Waals surface area contributed by atoms with E-state index in [1.165, 1.54) is 11.6 Å². The summed E-state index contributed by atoms with van der Waals surface area (Å²) in [4.78, 5) is 40.1. The molecule has 2 aromatic heterocycles. The van der Waals surface area contributed by atoms with Crippen molar-refractivity contribution in [3.8, 4) is 0 Å². The molecule has 0 N–H and O–H groups in total. The second kappa shape index (κ2) is 7.12. The molecule has 1 aromatic carbocycles. The average Bonchev–Trinajstić information content (AvgIpc) is 3.11. The van der Waals surface area contributed by atoms with Gasteiger partial charge in [-0.05, 0) is 11.6 Å². The third-order valence-corrected chi connectivity index (χ3v) is 5.20. The lowest BCUT2D eigenvalue weighted by Gasteiger charge is -2.27. The van der Waals surface area contributed by atoms with Gasteiger partial charge in [-0.1, -0.05) is 30.3 Å². The van der Waals surface area contributed by atoms with E-state index in [0.29, 0.717) is 49.6 Å². The number of fused-ring (bicyclic) bond motifs is 1. The van der Waals surface area contributed by atoms with Gasteiger partial charge in [0.15, 0.2) is 0 Å². The summed E-state index contributed by atoms with van der Waals surface area (Å²) in [7, 11) is 3.07. The first-order valence-electron chi connectivity index (χ1n) is 9.19. The first kappa shape index (κ1) is 18.2. The summed E-state index contributed by atoms with van der Waals surface area (Å²) in [5.74, 6) is -0.162. The molecular weight excluding hydrogens is 360 g/mol. The first-order valence-corrected chi connectivity index (χ1v) is 9.19. The van der Waals surface area contributed by atoms with E-state index in [9.17, 15) is 14.4 Å². The van der Waals surface area contributed by atoms with Crippen LogP contribution in [0.3, 0.4) is 0 Å². The molecule has 1 amide bonds. The Morgan fingerprint density at radius 2 is 1.71 bits per heavy atom. The fourth-order valence-corrected chi connectivity index (χ4v) is 3.67. The van der Waals surface area contributed by atoms with E-state index in [-0.39, 0.29) is 5.91 Å². The number of nitrogens with zero attached hydrogens (tertiary/aromatic N) is 4. The van der Waals surface area contributed by atoms with Gasteiger partial charge in [-0.15, -0.1) is 0 Å². The monoisotopic (exact) mass is 382 g/mol. The summed E-state index contributed by atoms with van der Waals surface area (Å²) < 4.78 is 9.60. The molecule has 3 heterocycles. The van der Waals surface area contributed by atoms with Crippen molar-refractivity contribution in [2.75, 3.05) is 26.3 Å². The lowest BCUT2D eigenvalue weighted by Crippen LogP contribution is -2.41. The Kier molecular flexibility index (Phi) is 4.64. The third-order valence-electron chi connectivity index (χ3n) is 5.20. The van der Waals surface area contributed by atoms with Crippen LogP contribution in [-0.4, -0.2) is 50.8 Å². The molecule has 0 unspecified atom stereocenters. The molecular formula is C20H22N4O4. The molecule has 28 heavy (non-hydrogen) atoms. The predicted octanol–water partition coefficient (Wildman–Crippen LogP) is 0.559. The van der Waals surface area contributed by atoms with E-state index in [1.54, 1.807) is 22.6 Å². The number of ether oxygens (including phenoxy) is 1. The molecule has 0 saturated carbocycles. The van der Waals surface area contributed by atoms with Crippen LogP contribution in [0.2, 0.25) is 0 Å². The molecule has 8 heteroatoms. The van der Waals surface area contributed by atoms with Crippen molar-refractivity contribution in [3.63, 3.8) is 0 Å². The quantitative estimate of drug-likeness (QED) is 0.663. The van der Waals surface area contributed by atoms with Crippen LogP contribution in [0.25, 0.3) is 11.0 Å². The highest BCUT2D eigenvalue weighted by atomic mass is 16.5. The highest BCUT2D eigenvalue weighted by molar-refractivity contribution is 5.98. The summed E-state index contributed by atoms with van der Waals surface area (Å²) in [5.41, 5.74) is 1.01. The van der Waals surface area contributed by atoms with Gasteiger partial charge in [0.25, 0.3) is 11.5 Å². The van der Waals surface area contributed by atoms with E-state index < -0.39 is 11.2 Å². The second-order valence-electron chi connectivity index (χ2n) is 6.95. The van der Waals surface area contributed by atoms with Gasteiger partial charge in [-0.3, -0.25) is 18.7 Å². The third kappa shape index (κ3) is 2.95. The van der Waals surface area contributed by atoms with Crippen LogP contribution in [0, 0.1) is 0 Å². The normalized spacial score (nSPS) is 14.6. The Bertz CT molecular complexity index is 1150. The standard InChI is InChI=1S/C20H22N4O4/c1-21-17-15(18(25)22(2)20(21)27)12-16(19(26)23-8-10-28-11-9-23)24(17)13-14-6-4-3-5-7-14/h3-7,12H,8-11,13H2,1-2H3. The Hall–Kier alpha value is -3.13. The van der Waals surface area contributed by atoms with Crippen molar-refractivity contribution in [2.45, 2.75) is 6.54 Å². The smallest absolute Gasteiger partial charge is 0.332 e. The van der Waals surface area contributed by atoms with Crippen molar-refractivity contribution in [1.29, 1.82) is 0 Å². The number of morpholine rings is 1. The highest BCUT2D eigenvalue weighted by Crippen LogP contribution is 2.20. The first-order chi connectivity index (χ1) is 13.5. The van der Waals surface area contributed by atoms with Crippen LogP contribution in [0.15, 0.2) is 46.0 Å². The van der Waals surface area contributed by atoms with Crippen molar-refractivity contribution in [1.82, 2.24) is 18.6 Å². The number of carbonyl (C=O) groups is 1. The van der Waals surface area contributed by atoms with Crippen molar-refractivity contribution < 1.29 is 9.53 Å². The van der Waals surface area contributed by atoms with Gasteiger partial charge in [0.2, 0.25) is 0 Å². The molecule has 0 spiro atoms. The zero-order chi connectivity index (χ0) is 19.8. The van der Waals surface area contributed by atoms with Crippen molar-refractivity contribution >= 4 is 16.9 Å². The molecule has 8 nitrogen and oxygen atoms in total. The number of hydrogen-bond acceptors (Lipinski definition) is 4. The van der Waals surface area contributed by atoms with Gasteiger partial charge in [-0.25, -0.2) is 4.79 Å². The van der Waals surface area contributed by atoms with Crippen LogP contribution in [-0.2, 0) is 25.4 Å². The van der Waals surface area contributed by atoms with E-state index in [2.05, 4.69) is 0 Å². The fourth-order valence-electron chi connectivity index (χ4n) is 3.67. The molecule has 0 atom stereocenters. The van der Waals surface area contributed by atoms with Gasteiger partial charge >= 0.3 is 5.69 Å². The number of rotatable bonds is 3. The van der Waals surface area contributed by atoms with Gasteiger partial charge in [-0.2, -0.15) is 0 Å². The minimum atomic E-state index is -0.421. The Labute approximate surface area is 161 Å². The molecule has 1 fully saturated rings. The Balaban J connectivity index is 1.95. The molecule has 1 saturated heterocycles. The molecule has 0 aliphatic carbocycles. The largest absolute Gasteiger partial charge is 0.378 e. The van der Waals surface area contributed by atoms with E-state index in [1.807, 2.05) is 30.3 Å². The molecule has 146 valence electrons. The maximum atomic E-state index is 13.2. The predicted molar refractivity (Wildman–Crippen MR) is 105 cm³/mol. The summed E-state index contributed by atoms with van der Waals surface area (Å²) in [6.07, 6.45) is 0. The number of aromatic nitrogens is 3. The van der Waals surface area contributed by atoms with E-state index >= 15 is 0 Å². The van der Waals surface area contributed by atoms with Crippen LogP contribution < -0.4 is 11.2 Å². The van der Waals surface area contributed by atoms with Gasteiger partial charge in [0, 0.05) is 33.7 Å². The maximum Gasteiger partial charge on any atom is 0.332 e. The Morgan fingerprint density at radius 1 is 1.04 bits per heavy atom. The van der Waals surface area contributed by atoms with Crippen molar-refractivity contribution in [3.05, 3.63) is 68.5 Å². The summed E-state index contributed by atoms with van der Waals surface area (Å²) in [6, 6.07) is 11.3. The maximum absolute atomic E-state index is 13.2. The summed E-state index contributed by atoms with van der Waals surface area (Å²) >= 11 is 0.